The fraction of sp³-hybridized carbons (Fsp3) is 0.333. The molecule has 1 atom stereocenters. The number of carbonyl (C=O) groups is 2. The minimum Gasteiger partial charge on any atom is -0.497 e. The van der Waals surface area contributed by atoms with Gasteiger partial charge in [-0.2, -0.15) is 13.2 Å². The van der Waals surface area contributed by atoms with Gasteiger partial charge in [0.15, 0.2) is 0 Å². The normalized spacial score (nSPS) is 12.3. The molecule has 0 aromatic heterocycles. The summed E-state index contributed by atoms with van der Waals surface area (Å²) < 4.78 is 74.0. The Labute approximate surface area is 244 Å². The summed E-state index contributed by atoms with van der Waals surface area (Å²) in [5.41, 5.74) is -0.778. The number of methoxy groups -OCH3 is 1. The summed E-state index contributed by atoms with van der Waals surface area (Å²) in [4.78, 5) is 27.9. The molecule has 0 saturated carbocycles. The van der Waals surface area contributed by atoms with Crippen molar-refractivity contribution in [1.29, 1.82) is 0 Å². The Morgan fingerprint density at radius 3 is 2.24 bits per heavy atom. The van der Waals surface area contributed by atoms with Gasteiger partial charge >= 0.3 is 6.18 Å². The van der Waals surface area contributed by atoms with E-state index in [1.807, 2.05) is 6.92 Å². The van der Waals surface area contributed by atoms with Gasteiger partial charge in [0.2, 0.25) is 11.8 Å². The number of ether oxygens (including phenoxy) is 1. The van der Waals surface area contributed by atoms with E-state index in [2.05, 4.69) is 5.32 Å². The molecule has 0 unspecified atom stereocenters. The zero-order valence-corrected chi connectivity index (χ0v) is 24.4. The molecule has 1 N–H and O–H groups in total. The second-order valence-electron chi connectivity index (χ2n) is 9.56. The summed E-state index contributed by atoms with van der Waals surface area (Å²) in [6.45, 7) is 2.96. The molecule has 0 saturated heterocycles. The van der Waals surface area contributed by atoms with E-state index in [4.69, 9.17) is 4.74 Å². The molecule has 0 heterocycles. The first-order valence-electron chi connectivity index (χ1n) is 13.3. The van der Waals surface area contributed by atoms with Crippen molar-refractivity contribution in [3.05, 3.63) is 90.0 Å². The Hall–Kier alpha value is -4.06. The largest absolute Gasteiger partial charge is 0.497 e. The van der Waals surface area contributed by atoms with E-state index < -0.39 is 46.2 Å². The Morgan fingerprint density at radius 2 is 1.64 bits per heavy atom. The number of anilines is 1. The van der Waals surface area contributed by atoms with Crippen LogP contribution in [0.3, 0.4) is 0 Å². The molecule has 42 heavy (non-hydrogen) atoms. The van der Waals surface area contributed by atoms with Crippen LogP contribution in [0.1, 0.15) is 37.8 Å². The van der Waals surface area contributed by atoms with Gasteiger partial charge in [-0.25, -0.2) is 8.42 Å². The molecule has 0 bridgehead atoms. The Balaban J connectivity index is 2.04. The van der Waals surface area contributed by atoms with Gasteiger partial charge in [0.1, 0.15) is 18.3 Å². The molecular formula is C30H34F3N3O5S. The molecule has 2 amide bonds. The highest BCUT2D eigenvalue weighted by Gasteiger charge is 2.35. The molecule has 0 radical (unpaired) electrons. The van der Waals surface area contributed by atoms with Gasteiger partial charge in [0.05, 0.1) is 23.3 Å². The lowest BCUT2D eigenvalue weighted by molar-refractivity contribution is -0.139. The van der Waals surface area contributed by atoms with Crippen molar-refractivity contribution in [2.75, 3.05) is 24.5 Å². The third-order valence-electron chi connectivity index (χ3n) is 6.58. The Kier molecular flexibility index (Phi) is 11.0. The lowest BCUT2D eigenvalue weighted by atomic mass is 10.1. The number of sulfonamides is 1. The van der Waals surface area contributed by atoms with Crippen molar-refractivity contribution in [3.8, 4) is 5.75 Å². The Morgan fingerprint density at radius 1 is 0.976 bits per heavy atom. The van der Waals surface area contributed by atoms with Gasteiger partial charge < -0.3 is 15.0 Å². The lowest BCUT2D eigenvalue weighted by Crippen LogP contribution is -2.51. The molecule has 12 heteroatoms. The number of rotatable bonds is 13. The molecule has 3 aromatic carbocycles. The fourth-order valence-electron chi connectivity index (χ4n) is 4.13. The summed E-state index contributed by atoms with van der Waals surface area (Å²) in [6, 6.07) is 16.6. The molecule has 0 aliphatic carbocycles. The summed E-state index contributed by atoms with van der Waals surface area (Å²) in [7, 11) is -2.99. The van der Waals surface area contributed by atoms with E-state index >= 15 is 0 Å². The lowest BCUT2D eigenvalue weighted by Gasteiger charge is -2.32. The van der Waals surface area contributed by atoms with E-state index in [0.717, 1.165) is 25.0 Å². The van der Waals surface area contributed by atoms with Crippen molar-refractivity contribution in [3.63, 3.8) is 0 Å². The molecule has 0 aliphatic heterocycles. The number of alkyl halides is 3. The number of hydrogen-bond donors (Lipinski definition) is 1. The second-order valence-corrected chi connectivity index (χ2v) is 11.4. The topological polar surface area (TPSA) is 96.0 Å². The number of halogens is 3. The standard InChI is InChI=1S/C30H34F3N3O5S/c1-4-5-18-34-29(38)22(2)35(20-23-14-16-26(41-3)17-15-23)28(37)21-36(42(39,40)27-12-7-6-8-13-27)25-11-9-10-24(19-25)30(31,32)33/h6-17,19,22H,4-5,18,20-21H2,1-3H3,(H,34,38)/t22-/m1/s1. The maximum atomic E-state index is 13.9. The third-order valence-corrected chi connectivity index (χ3v) is 8.37. The third kappa shape index (κ3) is 8.25. The molecule has 3 aromatic rings. The maximum absolute atomic E-state index is 13.9. The quantitative estimate of drug-likeness (QED) is 0.269. The monoisotopic (exact) mass is 605 g/mol. The van der Waals surface area contributed by atoms with Crippen molar-refractivity contribution in [2.45, 2.75) is 50.3 Å². The van der Waals surface area contributed by atoms with Crippen LogP contribution in [0.2, 0.25) is 0 Å². The summed E-state index contributed by atoms with van der Waals surface area (Å²) >= 11 is 0. The highest BCUT2D eigenvalue weighted by Crippen LogP contribution is 2.33. The van der Waals surface area contributed by atoms with E-state index in [9.17, 15) is 31.2 Å². The van der Waals surface area contributed by atoms with Crippen LogP contribution >= 0.6 is 0 Å². The predicted octanol–water partition coefficient (Wildman–Crippen LogP) is 5.24. The maximum Gasteiger partial charge on any atom is 0.416 e. The predicted molar refractivity (Wildman–Crippen MR) is 153 cm³/mol. The molecule has 3 rings (SSSR count). The summed E-state index contributed by atoms with van der Waals surface area (Å²) in [5, 5.41) is 2.78. The zero-order valence-electron chi connectivity index (χ0n) is 23.6. The van der Waals surface area contributed by atoms with E-state index in [1.165, 1.54) is 49.3 Å². The highest BCUT2D eigenvalue weighted by atomic mass is 32.2. The van der Waals surface area contributed by atoms with E-state index in [-0.39, 0.29) is 17.1 Å². The molecule has 0 spiro atoms. The first-order valence-corrected chi connectivity index (χ1v) is 14.8. The van der Waals surface area contributed by atoms with Crippen molar-refractivity contribution in [1.82, 2.24) is 10.2 Å². The summed E-state index contributed by atoms with van der Waals surface area (Å²) in [6.07, 6.45) is -3.18. The molecule has 226 valence electrons. The fourth-order valence-corrected chi connectivity index (χ4v) is 5.56. The van der Waals surface area contributed by atoms with Gasteiger partial charge in [-0.1, -0.05) is 49.7 Å². The zero-order chi connectivity index (χ0) is 30.9. The second kappa shape index (κ2) is 14.2. The van der Waals surface area contributed by atoms with Crippen molar-refractivity contribution in [2.24, 2.45) is 0 Å². The molecule has 8 nitrogen and oxygen atoms in total. The van der Waals surface area contributed by atoms with Crippen LogP contribution in [-0.2, 0) is 32.3 Å². The summed E-state index contributed by atoms with van der Waals surface area (Å²) in [5.74, 6) is -0.644. The average Bonchev–Trinajstić information content (AvgIpc) is 2.98. The van der Waals surface area contributed by atoms with Gasteiger partial charge in [-0.05, 0) is 61.4 Å². The Bertz CT molecular complexity index is 1450. The smallest absolute Gasteiger partial charge is 0.416 e. The highest BCUT2D eigenvalue weighted by molar-refractivity contribution is 7.92. The number of carbonyl (C=O) groups excluding carboxylic acids is 2. The van der Waals surface area contributed by atoms with Crippen LogP contribution in [0.15, 0.2) is 83.8 Å². The number of nitrogens with zero attached hydrogens (tertiary/aromatic N) is 2. The van der Waals surface area contributed by atoms with Crippen LogP contribution < -0.4 is 14.4 Å². The number of unbranched alkanes of at least 4 members (excludes halogenated alkanes) is 1. The first kappa shape index (κ1) is 32.5. The van der Waals surface area contributed by atoms with Crippen LogP contribution in [-0.4, -0.2) is 51.4 Å². The number of benzene rings is 3. The average molecular weight is 606 g/mol. The molecule has 0 fully saturated rings. The number of amides is 2. The van der Waals surface area contributed by atoms with Crippen LogP contribution in [0.25, 0.3) is 0 Å². The number of nitrogens with one attached hydrogen (secondary N) is 1. The molecular weight excluding hydrogens is 571 g/mol. The minimum absolute atomic E-state index is 0.0625. The van der Waals surface area contributed by atoms with Crippen LogP contribution in [0.5, 0.6) is 5.75 Å². The van der Waals surface area contributed by atoms with Gasteiger partial charge in [0, 0.05) is 13.1 Å². The van der Waals surface area contributed by atoms with E-state index in [0.29, 0.717) is 28.2 Å². The first-order chi connectivity index (χ1) is 19.9. The number of hydrogen-bond acceptors (Lipinski definition) is 5. The van der Waals surface area contributed by atoms with Crippen LogP contribution in [0, 0.1) is 0 Å². The van der Waals surface area contributed by atoms with Gasteiger partial charge in [-0.3, -0.25) is 13.9 Å². The van der Waals surface area contributed by atoms with E-state index in [1.54, 1.807) is 30.3 Å². The van der Waals surface area contributed by atoms with Gasteiger partial charge in [0.25, 0.3) is 10.0 Å². The minimum atomic E-state index is -4.74. The van der Waals surface area contributed by atoms with Crippen LogP contribution in [0.4, 0.5) is 18.9 Å². The van der Waals surface area contributed by atoms with Gasteiger partial charge in [-0.15, -0.1) is 0 Å². The van der Waals surface area contributed by atoms with Crippen molar-refractivity contribution >= 4 is 27.5 Å². The molecule has 0 aliphatic rings. The van der Waals surface area contributed by atoms with Crippen molar-refractivity contribution < 1.29 is 35.9 Å². The SMILES string of the molecule is CCCCNC(=O)[C@@H](C)N(Cc1ccc(OC)cc1)C(=O)CN(c1cccc(C(F)(F)F)c1)S(=O)(=O)c1ccccc1.